The van der Waals surface area contributed by atoms with Gasteiger partial charge in [0.25, 0.3) is 0 Å². The molecule has 3 nitrogen and oxygen atoms in total. The molecule has 0 radical (unpaired) electrons. The van der Waals surface area contributed by atoms with Crippen LogP contribution in [-0.2, 0) is 13.2 Å². The van der Waals surface area contributed by atoms with E-state index in [1.165, 1.54) is 7.11 Å². The van der Waals surface area contributed by atoms with Gasteiger partial charge in [0.15, 0.2) is 11.6 Å². The fourth-order valence-corrected chi connectivity index (χ4v) is 2.51. The van der Waals surface area contributed by atoms with Crippen LogP contribution in [0.3, 0.4) is 0 Å². The van der Waals surface area contributed by atoms with Gasteiger partial charge in [0.05, 0.1) is 20.3 Å². The van der Waals surface area contributed by atoms with Crippen LogP contribution >= 0.6 is 0 Å². The number of rotatable bonds is 4. The monoisotopic (exact) mass is 285 g/mol. The zero-order chi connectivity index (χ0) is 14.8. The molecule has 0 aliphatic heterocycles. The Labute approximate surface area is 122 Å². The zero-order valence-corrected chi connectivity index (χ0v) is 11.7. The Morgan fingerprint density at radius 2 is 2.05 bits per heavy atom. The van der Waals surface area contributed by atoms with Crippen molar-refractivity contribution >= 4 is 10.9 Å². The van der Waals surface area contributed by atoms with Crippen molar-refractivity contribution in [2.75, 3.05) is 7.11 Å². The number of benzene rings is 2. The maximum atomic E-state index is 14.2. The molecule has 3 rings (SSSR count). The average molecular weight is 285 g/mol. The fourth-order valence-electron chi connectivity index (χ4n) is 2.51. The minimum absolute atomic E-state index is 0.0195. The molecule has 4 heteroatoms. The molecule has 0 saturated heterocycles. The third-order valence-electron chi connectivity index (χ3n) is 3.62. The summed E-state index contributed by atoms with van der Waals surface area (Å²) in [6.45, 7) is 0.455. The van der Waals surface area contributed by atoms with Crippen molar-refractivity contribution in [3.05, 3.63) is 65.6 Å². The summed E-state index contributed by atoms with van der Waals surface area (Å²) >= 11 is 0. The van der Waals surface area contributed by atoms with Crippen molar-refractivity contribution in [3.63, 3.8) is 0 Å². The number of aliphatic hydroxyl groups excluding tert-OH is 1. The predicted octanol–water partition coefficient (Wildman–Crippen LogP) is 3.33. The van der Waals surface area contributed by atoms with Gasteiger partial charge < -0.3 is 14.4 Å². The minimum atomic E-state index is -0.325. The van der Waals surface area contributed by atoms with E-state index in [-0.39, 0.29) is 18.2 Å². The molecule has 0 aliphatic rings. The van der Waals surface area contributed by atoms with Crippen LogP contribution < -0.4 is 4.74 Å². The number of fused-ring (bicyclic) bond motifs is 1. The number of nitrogens with zero attached hydrogens (tertiary/aromatic N) is 1. The molecule has 3 aromatic rings. The number of aromatic nitrogens is 1. The highest BCUT2D eigenvalue weighted by Gasteiger charge is 2.10. The van der Waals surface area contributed by atoms with E-state index in [1.807, 2.05) is 35.0 Å². The molecule has 0 saturated carbocycles. The highest BCUT2D eigenvalue weighted by Crippen LogP contribution is 2.23. The minimum Gasteiger partial charge on any atom is -0.494 e. The van der Waals surface area contributed by atoms with Crippen LogP contribution in [0, 0.1) is 5.82 Å². The Hall–Kier alpha value is -2.33. The Morgan fingerprint density at radius 1 is 1.19 bits per heavy atom. The molecule has 1 heterocycles. The molecule has 0 aliphatic carbocycles. The van der Waals surface area contributed by atoms with Crippen molar-refractivity contribution in [2.24, 2.45) is 0 Å². The van der Waals surface area contributed by atoms with Crippen LogP contribution in [0.2, 0.25) is 0 Å². The first-order valence-electron chi connectivity index (χ1n) is 6.73. The normalized spacial score (nSPS) is 11.0. The number of hydrogen-bond donors (Lipinski definition) is 1. The Kier molecular flexibility index (Phi) is 3.62. The molecular weight excluding hydrogens is 269 g/mol. The van der Waals surface area contributed by atoms with Gasteiger partial charge in [0.2, 0.25) is 0 Å². The molecule has 0 atom stereocenters. The van der Waals surface area contributed by atoms with E-state index in [2.05, 4.69) is 0 Å². The highest BCUT2D eigenvalue weighted by molar-refractivity contribution is 5.81. The summed E-state index contributed by atoms with van der Waals surface area (Å²) in [6, 6.07) is 12.9. The van der Waals surface area contributed by atoms with E-state index in [0.29, 0.717) is 12.1 Å². The average Bonchev–Trinajstić information content (AvgIpc) is 2.91. The lowest BCUT2D eigenvalue weighted by Crippen LogP contribution is -2.02. The zero-order valence-electron chi connectivity index (χ0n) is 11.7. The van der Waals surface area contributed by atoms with Crippen LogP contribution in [0.4, 0.5) is 4.39 Å². The molecule has 1 aromatic heterocycles. The summed E-state index contributed by atoms with van der Waals surface area (Å²) in [5.41, 5.74) is 2.46. The van der Waals surface area contributed by atoms with Gasteiger partial charge in [-0.25, -0.2) is 4.39 Å². The van der Waals surface area contributed by atoms with Crippen LogP contribution in [0.1, 0.15) is 11.1 Å². The van der Waals surface area contributed by atoms with Gasteiger partial charge in [-0.3, -0.25) is 0 Å². The third kappa shape index (κ3) is 2.50. The van der Waals surface area contributed by atoms with E-state index in [9.17, 15) is 4.39 Å². The Balaban J connectivity index is 1.99. The lowest BCUT2D eigenvalue weighted by Gasteiger charge is -2.09. The smallest absolute Gasteiger partial charge is 0.170 e. The first-order valence-corrected chi connectivity index (χ1v) is 6.73. The van der Waals surface area contributed by atoms with Crippen LogP contribution in [0.15, 0.2) is 48.7 Å². The number of aliphatic hydroxyl groups is 1. The van der Waals surface area contributed by atoms with Gasteiger partial charge in [-0.1, -0.05) is 18.2 Å². The van der Waals surface area contributed by atoms with Crippen molar-refractivity contribution in [1.82, 2.24) is 4.57 Å². The van der Waals surface area contributed by atoms with E-state index >= 15 is 0 Å². The Morgan fingerprint density at radius 3 is 2.81 bits per heavy atom. The van der Waals surface area contributed by atoms with E-state index in [4.69, 9.17) is 9.84 Å². The summed E-state index contributed by atoms with van der Waals surface area (Å²) < 4.78 is 21.2. The summed E-state index contributed by atoms with van der Waals surface area (Å²) in [4.78, 5) is 0. The molecule has 0 bridgehead atoms. The van der Waals surface area contributed by atoms with E-state index in [0.717, 1.165) is 16.5 Å². The summed E-state index contributed by atoms with van der Waals surface area (Å²) in [5, 5.41) is 10.2. The van der Waals surface area contributed by atoms with E-state index in [1.54, 1.807) is 18.2 Å². The predicted molar refractivity (Wildman–Crippen MR) is 79.9 cm³/mol. The lowest BCUT2D eigenvalue weighted by atomic mass is 10.1. The summed E-state index contributed by atoms with van der Waals surface area (Å²) in [6.07, 6.45) is 1.92. The second-order valence-electron chi connectivity index (χ2n) is 4.93. The molecule has 0 unspecified atom stereocenters. The first kappa shape index (κ1) is 13.6. The Bertz CT molecular complexity index is 780. The molecule has 21 heavy (non-hydrogen) atoms. The van der Waals surface area contributed by atoms with Gasteiger partial charge in [-0.2, -0.15) is 0 Å². The quantitative estimate of drug-likeness (QED) is 0.798. The van der Waals surface area contributed by atoms with Gasteiger partial charge in [0.1, 0.15) is 0 Å². The molecule has 1 N–H and O–H groups in total. The fraction of sp³-hybridized carbons (Fsp3) is 0.176. The molecule has 0 fully saturated rings. The van der Waals surface area contributed by atoms with Gasteiger partial charge in [-0.05, 0) is 35.2 Å². The van der Waals surface area contributed by atoms with Gasteiger partial charge >= 0.3 is 0 Å². The van der Waals surface area contributed by atoms with E-state index < -0.39 is 0 Å². The van der Waals surface area contributed by atoms with Crippen LogP contribution in [0.25, 0.3) is 10.9 Å². The first-order chi connectivity index (χ1) is 10.2. The number of hydrogen-bond acceptors (Lipinski definition) is 2. The molecular formula is C17H16FNO2. The largest absolute Gasteiger partial charge is 0.494 e. The molecule has 108 valence electrons. The number of methoxy groups -OCH3 is 1. The SMILES string of the molecule is COc1cccc(Cn2ccc3cc(CO)ccc32)c1F. The second kappa shape index (κ2) is 5.58. The number of ether oxygens (including phenoxy) is 1. The van der Waals surface area contributed by atoms with Crippen molar-refractivity contribution in [1.29, 1.82) is 0 Å². The molecule has 0 amide bonds. The maximum absolute atomic E-state index is 14.2. The van der Waals surface area contributed by atoms with Crippen molar-refractivity contribution in [2.45, 2.75) is 13.2 Å². The molecule has 2 aromatic carbocycles. The molecule has 0 spiro atoms. The summed E-state index contributed by atoms with van der Waals surface area (Å²) in [7, 11) is 1.46. The lowest BCUT2D eigenvalue weighted by molar-refractivity contribution is 0.282. The maximum Gasteiger partial charge on any atom is 0.170 e. The van der Waals surface area contributed by atoms with Crippen LogP contribution in [-0.4, -0.2) is 16.8 Å². The third-order valence-corrected chi connectivity index (χ3v) is 3.62. The number of halogens is 1. The van der Waals surface area contributed by atoms with Crippen LogP contribution in [0.5, 0.6) is 5.75 Å². The topological polar surface area (TPSA) is 34.4 Å². The highest BCUT2D eigenvalue weighted by atomic mass is 19.1. The van der Waals surface area contributed by atoms with Crippen molar-refractivity contribution in [3.8, 4) is 5.75 Å². The van der Waals surface area contributed by atoms with Gasteiger partial charge in [-0.15, -0.1) is 0 Å². The standard InChI is InChI=1S/C17H16FNO2/c1-21-16-4-2-3-14(17(16)18)10-19-8-7-13-9-12(11-20)5-6-15(13)19/h2-9,20H,10-11H2,1H3. The second-order valence-corrected chi connectivity index (χ2v) is 4.93. The van der Waals surface area contributed by atoms with Gasteiger partial charge in [0, 0.05) is 17.3 Å². The summed E-state index contributed by atoms with van der Waals surface area (Å²) in [5.74, 6) is -0.0691. The van der Waals surface area contributed by atoms with Crippen molar-refractivity contribution < 1.29 is 14.2 Å².